The van der Waals surface area contributed by atoms with Gasteiger partial charge in [-0.1, -0.05) is 11.6 Å². The number of benzene rings is 1. The number of hydrogen-bond acceptors (Lipinski definition) is 3. The lowest BCUT2D eigenvalue weighted by Crippen LogP contribution is -1.91. The van der Waals surface area contributed by atoms with Crippen LogP contribution >= 0.6 is 54.8 Å². The number of nitrogens with zero attached hydrogens (tertiary/aromatic N) is 2. The predicted octanol–water partition coefficient (Wildman–Crippen LogP) is 5.68. The quantitative estimate of drug-likeness (QED) is 0.472. The van der Waals surface area contributed by atoms with Gasteiger partial charge in [0.25, 0.3) is 0 Å². The Balaban J connectivity index is 2.26. The van der Waals surface area contributed by atoms with Crippen molar-refractivity contribution in [3.05, 3.63) is 42.8 Å². The molecule has 0 N–H and O–H groups in total. The third-order valence-electron chi connectivity index (χ3n) is 2.51. The number of halogens is 4. The van der Waals surface area contributed by atoms with Crippen molar-refractivity contribution in [3.8, 4) is 11.4 Å². The van der Waals surface area contributed by atoms with E-state index in [1.165, 1.54) is 23.5 Å². The zero-order chi connectivity index (χ0) is 13.6. The second-order valence-corrected chi connectivity index (χ2v) is 7.84. The van der Waals surface area contributed by atoms with Crippen molar-refractivity contribution in [3.63, 3.8) is 0 Å². The molecule has 0 unspecified atom stereocenters. The average molecular weight is 423 g/mol. The SMILES string of the molecule is Fc1ccc2nc(-c3cc(Br)sc3Br)nc(Cl)c2c1. The third kappa shape index (κ3) is 2.54. The van der Waals surface area contributed by atoms with Gasteiger partial charge in [-0.3, -0.25) is 0 Å². The Morgan fingerprint density at radius 1 is 1.16 bits per heavy atom. The van der Waals surface area contributed by atoms with Crippen LogP contribution in [0.5, 0.6) is 0 Å². The summed E-state index contributed by atoms with van der Waals surface area (Å²) in [6.07, 6.45) is 0. The van der Waals surface area contributed by atoms with Gasteiger partial charge < -0.3 is 0 Å². The van der Waals surface area contributed by atoms with E-state index in [0.29, 0.717) is 16.7 Å². The average Bonchev–Trinajstić information content (AvgIpc) is 2.69. The highest BCUT2D eigenvalue weighted by molar-refractivity contribution is 9.12. The lowest BCUT2D eigenvalue weighted by atomic mass is 10.2. The molecule has 7 heteroatoms. The summed E-state index contributed by atoms with van der Waals surface area (Å²) in [5, 5.41) is 0.754. The van der Waals surface area contributed by atoms with E-state index in [-0.39, 0.29) is 11.0 Å². The Morgan fingerprint density at radius 3 is 2.63 bits per heavy atom. The maximum atomic E-state index is 13.2. The Hall–Kier alpha value is -0.560. The molecule has 0 fully saturated rings. The Bertz CT molecular complexity index is 791. The van der Waals surface area contributed by atoms with E-state index in [2.05, 4.69) is 41.8 Å². The summed E-state index contributed by atoms with van der Waals surface area (Å²) in [7, 11) is 0. The van der Waals surface area contributed by atoms with E-state index in [1.807, 2.05) is 6.07 Å². The zero-order valence-corrected chi connectivity index (χ0v) is 13.9. The van der Waals surface area contributed by atoms with Gasteiger partial charge in [-0.05, 0) is 56.1 Å². The fourth-order valence-electron chi connectivity index (χ4n) is 1.68. The van der Waals surface area contributed by atoms with Crippen LogP contribution in [0.1, 0.15) is 0 Å². The Labute approximate surface area is 133 Å². The maximum absolute atomic E-state index is 13.2. The first-order valence-electron chi connectivity index (χ1n) is 5.12. The first-order valence-corrected chi connectivity index (χ1v) is 7.90. The second kappa shape index (κ2) is 5.09. The Morgan fingerprint density at radius 2 is 1.95 bits per heavy atom. The molecule has 1 aromatic carbocycles. The first-order chi connectivity index (χ1) is 9.04. The lowest BCUT2D eigenvalue weighted by molar-refractivity contribution is 0.629. The molecule has 2 aromatic heterocycles. The van der Waals surface area contributed by atoms with E-state index in [0.717, 1.165) is 13.1 Å². The molecule has 0 amide bonds. The van der Waals surface area contributed by atoms with Gasteiger partial charge in [0.1, 0.15) is 11.0 Å². The van der Waals surface area contributed by atoms with Gasteiger partial charge in [0.2, 0.25) is 0 Å². The monoisotopic (exact) mass is 420 g/mol. The summed E-state index contributed by atoms with van der Waals surface area (Å²) in [4.78, 5) is 8.65. The summed E-state index contributed by atoms with van der Waals surface area (Å²) >= 11 is 14.5. The summed E-state index contributed by atoms with van der Waals surface area (Å²) in [6, 6.07) is 6.20. The van der Waals surface area contributed by atoms with Crippen LogP contribution in [0.3, 0.4) is 0 Å². The second-order valence-electron chi connectivity index (χ2n) is 3.74. The highest BCUT2D eigenvalue weighted by Crippen LogP contribution is 2.38. The Kier molecular flexibility index (Phi) is 3.59. The molecule has 0 spiro atoms. The summed E-state index contributed by atoms with van der Waals surface area (Å²) < 4.78 is 15.1. The molecule has 2 heterocycles. The topological polar surface area (TPSA) is 25.8 Å². The van der Waals surface area contributed by atoms with E-state index in [1.54, 1.807) is 6.07 Å². The molecular weight excluding hydrogens is 418 g/mol. The predicted molar refractivity (Wildman–Crippen MR) is 83.2 cm³/mol. The molecule has 0 bridgehead atoms. The van der Waals surface area contributed by atoms with Gasteiger partial charge in [-0.15, -0.1) is 11.3 Å². The minimum absolute atomic E-state index is 0.244. The molecule has 0 aliphatic heterocycles. The van der Waals surface area contributed by atoms with E-state index < -0.39 is 0 Å². The number of rotatable bonds is 1. The number of thiophene rings is 1. The zero-order valence-electron chi connectivity index (χ0n) is 9.12. The molecule has 0 aliphatic rings. The van der Waals surface area contributed by atoms with Gasteiger partial charge in [-0.25, -0.2) is 14.4 Å². The van der Waals surface area contributed by atoms with Gasteiger partial charge in [0.05, 0.1) is 13.1 Å². The number of aromatic nitrogens is 2. The molecule has 96 valence electrons. The molecule has 0 aliphatic carbocycles. The molecule has 0 saturated carbocycles. The van der Waals surface area contributed by atoms with E-state index >= 15 is 0 Å². The van der Waals surface area contributed by atoms with Crippen LogP contribution in [-0.2, 0) is 0 Å². The smallest absolute Gasteiger partial charge is 0.163 e. The van der Waals surface area contributed by atoms with Gasteiger partial charge in [0, 0.05) is 10.9 Å². The minimum atomic E-state index is -0.356. The third-order valence-corrected chi connectivity index (χ3v) is 5.14. The van der Waals surface area contributed by atoms with E-state index in [4.69, 9.17) is 11.6 Å². The molecule has 19 heavy (non-hydrogen) atoms. The summed E-state index contributed by atoms with van der Waals surface area (Å²) in [6.45, 7) is 0. The highest BCUT2D eigenvalue weighted by Gasteiger charge is 2.13. The van der Waals surface area contributed by atoms with Crippen molar-refractivity contribution in [2.24, 2.45) is 0 Å². The fourth-order valence-corrected chi connectivity index (χ4v) is 4.70. The van der Waals surface area contributed by atoms with Crippen molar-refractivity contribution in [1.29, 1.82) is 0 Å². The number of fused-ring (bicyclic) bond motifs is 1. The molecule has 3 aromatic rings. The van der Waals surface area contributed by atoms with Crippen LogP contribution in [0.2, 0.25) is 5.15 Å². The number of hydrogen-bond donors (Lipinski definition) is 0. The van der Waals surface area contributed by atoms with Crippen LogP contribution in [0.25, 0.3) is 22.3 Å². The van der Waals surface area contributed by atoms with Crippen LogP contribution in [-0.4, -0.2) is 9.97 Å². The molecule has 0 radical (unpaired) electrons. The first kappa shape index (κ1) is 13.4. The molecule has 3 rings (SSSR count). The van der Waals surface area contributed by atoms with Gasteiger partial charge >= 0.3 is 0 Å². The van der Waals surface area contributed by atoms with Crippen LogP contribution in [0, 0.1) is 5.82 Å². The lowest BCUT2D eigenvalue weighted by Gasteiger charge is -2.03. The maximum Gasteiger partial charge on any atom is 0.163 e. The standard InChI is InChI=1S/C12H4Br2ClFN2S/c13-9-4-7(10(14)19-9)12-17-8-2-1-5(16)3-6(8)11(15)18-12/h1-4H. The van der Waals surface area contributed by atoms with Crippen LogP contribution in [0.15, 0.2) is 31.8 Å². The summed E-state index contributed by atoms with van der Waals surface area (Å²) in [5.74, 6) is 0.156. The molecule has 0 atom stereocenters. The normalized spacial score (nSPS) is 11.2. The minimum Gasteiger partial charge on any atom is -0.228 e. The highest BCUT2D eigenvalue weighted by atomic mass is 79.9. The van der Waals surface area contributed by atoms with Gasteiger partial charge in [0.15, 0.2) is 5.82 Å². The molecular formula is C12H4Br2ClFN2S. The molecule has 2 nitrogen and oxygen atoms in total. The van der Waals surface area contributed by atoms with Crippen molar-refractivity contribution in [2.75, 3.05) is 0 Å². The molecule has 0 saturated heterocycles. The van der Waals surface area contributed by atoms with Crippen molar-refractivity contribution < 1.29 is 4.39 Å². The summed E-state index contributed by atoms with van der Waals surface area (Å²) in [5.41, 5.74) is 1.47. The van der Waals surface area contributed by atoms with Crippen molar-refractivity contribution in [1.82, 2.24) is 9.97 Å². The van der Waals surface area contributed by atoms with E-state index in [9.17, 15) is 4.39 Å². The van der Waals surface area contributed by atoms with Crippen molar-refractivity contribution in [2.45, 2.75) is 0 Å². The van der Waals surface area contributed by atoms with Crippen molar-refractivity contribution >= 4 is 65.7 Å². The van der Waals surface area contributed by atoms with Gasteiger partial charge in [-0.2, -0.15) is 0 Å². The fraction of sp³-hybridized carbons (Fsp3) is 0. The van der Waals surface area contributed by atoms with Crippen LogP contribution in [0.4, 0.5) is 4.39 Å². The largest absolute Gasteiger partial charge is 0.228 e. The van der Waals surface area contributed by atoms with Crippen LogP contribution < -0.4 is 0 Å².